The van der Waals surface area contributed by atoms with Gasteiger partial charge in [-0.05, 0) is 24.6 Å². The molecule has 0 aliphatic heterocycles. The Labute approximate surface area is 93.7 Å². The van der Waals surface area contributed by atoms with Crippen molar-refractivity contribution in [1.82, 2.24) is 5.32 Å². The molecule has 1 aromatic carbocycles. The fourth-order valence-corrected chi connectivity index (χ4v) is 1.23. The molecule has 0 unspecified atom stereocenters. The number of hydrogen-bond donors (Lipinski definition) is 1. The van der Waals surface area contributed by atoms with Crippen LogP contribution in [-0.4, -0.2) is 18.2 Å². The minimum atomic E-state index is -0.319. The van der Waals surface area contributed by atoms with Crippen LogP contribution < -0.4 is 5.32 Å². The number of halogens is 1. The minimum Gasteiger partial charge on any atom is -0.355 e. The highest BCUT2D eigenvalue weighted by Crippen LogP contribution is 2.03. The number of nitrogens with one attached hydrogen (secondary N) is 1. The standard InChI is InChI=1S/C12H14FNO2/c1-9(15)6-7-14-12(16)8-10-2-4-11(13)5-3-10/h2-5H,6-8H2,1H3,(H,14,16). The Balaban J connectivity index is 2.34. The van der Waals surface area contributed by atoms with Gasteiger partial charge in [0, 0.05) is 13.0 Å². The molecule has 0 aliphatic rings. The molecule has 4 heteroatoms. The second-order valence-electron chi connectivity index (χ2n) is 3.61. The molecule has 0 saturated heterocycles. The predicted molar refractivity (Wildman–Crippen MR) is 58.4 cm³/mol. The molecule has 0 atom stereocenters. The van der Waals surface area contributed by atoms with Crippen LogP contribution in [0.4, 0.5) is 4.39 Å². The zero-order valence-corrected chi connectivity index (χ0v) is 9.13. The molecule has 0 aliphatic carbocycles. The summed E-state index contributed by atoms with van der Waals surface area (Å²) in [4.78, 5) is 22.0. The van der Waals surface area contributed by atoms with E-state index in [1.807, 2.05) is 0 Å². The number of rotatable bonds is 5. The monoisotopic (exact) mass is 223 g/mol. The number of Topliss-reactive ketones (excluding diaryl/α,β-unsaturated/α-hetero) is 1. The highest BCUT2D eigenvalue weighted by Gasteiger charge is 2.03. The molecule has 1 aromatic rings. The largest absolute Gasteiger partial charge is 0.355 e. The van der Waals surface area contributed by atoms with Crippen molar-refractivity contribution in [1.29, 1.82) is 0 Å². The van der Waals surface area contributed by atoms with Crippen LogP contribution in [0.25, 0.3) is 0 Å². The summed E-state index contributed by atoms with van der Waals surface area (Å²) >= 11 is 0. The van der Waals surface area contributed by atoms with Crippen LogP contribution in [0.3, 0.4) is 0 Å². The zero-order valence-electron chi connectivity index (χ0n) is 9.13. The summed E-state index contributed by atoms with van der Waals surface area (Å²) in [6, 6.07) is 5.77. The maximum atomic E-state index is 12.6. The molecule has 0 fully saturated rings. The molecule has 0 heterocycles. The maximum Gasteiger partial charge on any atom is 0.224 e. The summed E-state index contributed by atoms with van der Waals surface area (Å²) in [6.45, 7) is 1.83. The first kappa shape index (κ1) is 12.4. The average Bonchev–Trinajstić information content (AvgIpc) is 2.21. The number of ketones is 1. The van der Waals surface area contributed by atoms with E-state index in [4.69, 9.17) is 0 Å². The lowest BCUT2D eigenvalue weighted by molar-refractivity contribution is -0.120. The van der Waals surface area contributed by atoms with Crippen molar-refractivity contribution in [3.05, 3.63) is 35.6 Å². The number of hydrogen-bond acceptors (Lipinski definition) is 2. The molecule has 1 N–H and O–H groups in total. The smallest absolute Gasteiger partial charge is 0.224 e. The molecule has 86 valence electrons. The Kier molecular flexibility index (Phi) is 4.64. The first-order chi connectivity index (χ1) is 7.58. The van der Waals surface area contributed by atoms with Gasteiger partial charge < -0.3 is 5.32 Å². The number of amides is 1. The fourth-order valence-electron chi connectivity index (χ4n) is 1.23. The lowest BCUT2D eigenvalue weighted by atomic mass is 10.1. The van der Waals surface area contributed by atoms with E-state index in [1.54, 1.807) is 12.1 Å². The lowest BCUT2D eigenvalue weighted by Crippen LogP contribution is -2.27. The van der Waals surface area contributed by atoms with E-state index in [1.165, 1.54) is 19.1 Å². The molecule has 0 saturated carbocycles. The van der Waals surface area contributed by atoms with Gasteiger partial charge in [0.05, 0.1) is 6.42 Å². The van der Waals surface area contributed by atoms with Gasteiger partial charge in [-0.2, -0.15) is 0 Å². The van der Waals surface area contributed by atoms with Crippen molar-refractivity contribution in [3.63, 3.8) is 0 Å². The molecule has 0 spiro atoms. The summed E-state index contributed by atoms with van der Waals surface area (Å²) in [5, 5.41) is 2.62. The number of carbonyl (C=O) groups excluding carboxylic acids is 2. The summed E-state index contributed by atoms with van der Waals surface area (Å²) < 4.78 is 12.6. The van der Waals surface area contributed by atoms with Crippen molar-refractivity contribution in [3.8, 4) is 0 Å². The first-order valence-electron chi connectivity index (χ1n) is 5.08. The third-order valence-corrected chi connectivity index (χ3v) is 2.08. The normalized spacial score (nSPS) is 9.88. The quantitative estimate of drug-likeness (QED) is 0.821. The van der Waals surface area contributed by atoms with E-state index >= 15 is 0 Å². The van der Waals surface area contributed by atoms with Crippen molar-refractivity contribution >= 4 is 11.7 Å². The van der Waals surface area contributed by atoms with Gasteiger partial charge >= 0.3 is 0 Å². The van der Waals surface area contributed by atoms with Gasteiger partial charge in [0.25, 0.3) is 0 Å². The Morgan fingerprint density at radius 1 is 1.25 bits per heavy atom. The fraction of sp³-hybridized carbons (Fsp3) is 0.333. The molecule has 16 heavy (non-hydrogen) atoms. The molecule has 0 radical (unpaired) electrons. The molecular formula is C12H14FNO2. The van der Waals surface area contributed by atoms with E-state index in [0.717, 1.165) is 5.56 Å². The molecule has 1 rings (SSSR count). The van der Waals surface area contributed by atoms with Crippen LogP contribution in [0.2, 0.25) is 0 Å². The van der Waals surface area contributed by atoms with E-state index in [0.29, 0.717) is 13.0 Å². The molecule has 0 bridgehead atoms. The number of benzene rings is 1. The number of carbonyl (C=O) groups is 2. The van der Waals surface area contributed by atoms with Gasteiger partial charge in [0.1, 0.15) is 11.6 Å². The highest BCUT2D eigenvalue weighted by atomic mass is 19.1. The summed E-state index contributed by atoms with van der Waals surface area (Å²) in [7, 11) is 0. The highest BCUT2D eigenvalue weighted by molar-refractivity contribution is 5.80. The topological polar surface area (TPSA) is 46.2 Å². The van der Waals surface area contributed by atoms with Crippen molar-refractivity contribution in [2.45, 2.75) is 19.8 Å². The lowest BCUT2D eigenvalue weighted by Gasteiger charge is -2.03. The van der Waals surface area contributed by atoms with Gasteiger partial charge in [-0.1, -0.05) is 12.1 Å². The van der Waals surface area contributed by atoms with E-state index < -0.39 is 0 Å². The zero-order chi connectivity index (χ0) is 12.0. The van der Waals surface area contributed by atoms with E-state index in [9.17, 15) is 14.0 Å². The van der Waals surface area contributed by atoms with Crippen LogP contribution in [0.1, 0.15) is 18.9 Å². The van der Waals surface area contributed by atoms with E-state index in [2.05, 4.69) is 5.32 Å². The third-order valence-electron chi connectivity index (χ3n) is 2.08. The third kappa shape index (κ3) is 4.68. The summed E-state index contributed by atoms with van der Waals surface area (Å²) in [5.74, 6) is -0.435. The average molecular weight is 223 g/mol. The van der Waals surface area contributed by atoms with Crippen molar-refractivity contribution in [2.75, 3.05) is 6.54 Å². The Morgan fingerprint density at radius 2 is 1.88 bits per heavy atom. The molecule has 0 aromatic heterocycles. The maximum absolute atomic E-state index is 12.6. The van der Waals surface area contributed by atoms with Crippen LogP contribution in [0, 0.1) is 5.82 Å². The second kappa shape index (κ2) is 6.00. The molecular weight excluding hydrogens is 209 g/mol. The minimum absolute atomic E-state index is 0.0436. The van der Waals surface area contributed by atoms with Crippen molar-refractivity contribution in [2.24, 2.45) is 0 Å². The summed E-state index contributed by atoms with van der Waals surface area (Å²) in [6.07, 6.45) is 0.549. The van der Waals surface area contributed by atoms with Gasteiger partial charge in [0.2, 0.25) is 5.91 Å². The molecule has 3 nitrogen and oxygen atoms in total. The van der Waals surface area contributed by atoms with Gasteiger partial charge in [-0.3, -0.25) is 9.59 Å². The Hall–Kier alpha value is -1.71. The SMILES string of the molecule is CC(=O)CCNC(=O)Cc1ccc(F)cc1. The van der Waals surface area contributed by atoms with Gasteiger partial charge in [-0.25, -0.2) is 4.39 Å². The van der Waals surface area contributed by atoms with Crippen LogP contribution >= 0.6 is 0 Å². The molecule has 1 amide bonds. The van der Waals surface area contributed by atoms with Crippen LogP contribution in [0.5, 0.6) is 0 Å². The Morgan fingerprint density at radius 3 is 2.44 bits per heavy atom. The van der Waals surface area contributed by atoms with Gasteiger partial charge in [-0.15, -0.1) is 0 Å². The van der Waals surface area contributed by atoms with Crippen LogP contribution in [-0.2, 0) is 16.0 Å². The second-order valence-corrected chi connectivity index (χ2v) is 3.61. The van der Waals surface area contributed by atoms with Crippen LogP contribution in [0.15, 0.2) is 24.3 Å². The van der Waals surface area contributed by atoms with Gasteiger partial charge in [0.15, 0.2) is 0 Å². The first-order valence-corrected chi connectivity index (χ1v) is 5.08. The predicted octanol–water partition coefficient (Wildman–Crippen LogP) is 1.46. The van der Waals surface area contributed by atoms with E-state index in [-0.39, 0.29) is 23.9 Å². The Bertz CT molecular complexity index is 373. The summed E-state index contributed by atoms with van der Waals surface area (Å²) in [5.41, 5.74) is 0.752. The van der Waals surface area contributed by atoms with Crippen molar-refractivity contribution < 1.29 is 14.0 Å².